The third kappa shape index (κ3) is 7.88. The van der Waals surface area contributed by atoms with E-state index in [0.717, 1.165) is 19.4 Å². The Hall–Kier alpha value is -0.160. The summed E-state index contributed by atoms with van der Waals surface area (Å²) in [6.45, 7) is 8.54. The first-order valence-corrected chi connectivity index (χ1v) is 7.68. The Morgan fingerprint density at radius 2 is 1.95 bits per heavy atom. The van der Waals surface area contributed by atoms with Crippen molar-refractivity contribution in [2.24, 2.45) is 0 Å². The first kappa shape index (κ1) is 16.9. The molecule has 19 heavy (non-hydrogen) atoms. The Morgan fingerprint density at radius 3 is 2.58 bits per heavy atom. The largest absolute Gasteiger partial charge is 0.389 e. The molecule has 1 saturated carbocycles. The van der Waals surface area contributed by atoms with E-state index in [-0.39, 0.29) is 5.60 Å². The zero-order valence-corrected chi connectivity index (χ0v) is 12.8. The van der Waals surface area contributed by atoms with E-state index in [4.69, 9.17) is 9.47 Å². The lowest BCUT2D eigenvalue weighted by molar-refractivity contribution is -0.0301. The van der Waals surface area contributed by atoms with Gasteiger partial charge in [0.1, 0.15) is 0 Å². The SMILES string of the molecule is CCOC(C)(C)CNCC(O)COC1CCCCC1. The van der Waals surface area contributed by atoms with Gasteiger partial charge in [0, 0.05) is 19.7 Å². The van der Waals surface area contributed by atoms with Gasteiger partial charge >= 0.3 is 0 Å². The van der Waals surface area contributed by atoms with E-state index in [1.807, 2.05) is 6.92 Å². The van der Waals surface area contributed by atoms with Crippen molar-refractivity contribution in [3.8, 4) is 0 Å². The topological polar surface area (TPSA) is 50.7 Å². The van der Waals surface area contributed by atoms with Crippen LogP contribution < -0.4 is 5.32 Å². The molecule has 0 aromatic carbocycles. The zero-order chi connectivity index (χ0) is 14.1. The second kappa shape index (κ2) is 8.90. The number of hydrogen-bond acceptors (Lipinski definition) is 4. The van der Waals surface area contributed by atoms with Crippen LogP contribution >= 0.6 is 0 Å². The molecule has 4 nitrogen and oxygen atoms in total. The molecule has 1 atom stereocenters. The fraction of sp³-hybridized carbons (Fsp3) is 1.00. The van der Waals surface area contributed by atoms with Gasteiger partial charge in [-0.1, -0.05) is 19.3 Å². The maximum absolute atomic E-state index is 9.88. The minimum Gasteiger partial charge on any atom is -0.389 e. The molecule has 114 valence electrons. The lowest BCUT2D eigenvalue weighted by Crippen LogP contribution is -2.41. The van der Waals surface area contributed by atoms with Gasteiger partial charge in [0.2, 0.25) is 0 Å². The van der Waals surface area contributed by atoms with Crippen LogP contribution in [0, 0.1) is 0 Å². The summed E-state index contributed by atoms with van der Waals surface area (Å²) in [5.41, 5.74) is -0.182. The van der Waals surface area contributed by atoms with Gasteiger partial charge in [0.05, 0.1) is 24.4 Å². The van der Waals surface area contributed by atoms with E-state index in [1.165, 1.54) is 19.3 Å². The number of ether oxygens (including phenoxy) is 2. The highest BCUT2D eigenvalue weighted by molar-refractivity contribution is 4.73. The average molecular weight is 273 g/mol. The molecule has 0 spiro atoms. The molecule has 1 aliphatic rings. The number of nitrogens with one attached hydrogen (secondary N) is 1. The van der Waals surface area contributed by atoms with Crippen molar-refractivity contribution >= 4 is 0 Å². The van der Waals surface area contributed by atoms with Gasteiger partial charge in [-0.05, 0) is 33.6 Å². The van der Waals surface area contributed by atoms with Crippen molar-refractivity contribution in [3.63, 3.8) is 0 Å². The summed E-state index contributed by atoms with van der Waals surface area (Å²) >= 11 is 0. The molecule has 1 rings (SSSR count). The van der Waals surface area contributed by atoms with Crippen molar-refractivity contribution in [2.75, 3.05) is 26.3 Å². The first-order valence-electron chi connectivity index (χ1n) is 7.68. The summed E-state index contributed by atoms with van der Waals surface area (Å²) in [5.74, 6) is 0. The Morgan fingerprint density at radius 1 is 1.26 bits per heavy atom. The maximum Gasteiger partial charge on any atom is 0.0897 e. The van der Waals surface area contributed by atoms with Crippen LogP contribution in [0.4, 0.5) is 0 Å². The van der Waals surface area contributed by atoms with E-state index in [9.17, 15) is 5.11 Å². The van der Waals surface area contributed by atoms with Gasteiger partial charge < -0.3 is 19.9 Å². The van der Waals surface area contributed by atoms with Crippen molar-refractivity contribution in [1.82, 2.24) is 5.32 Å². The number of aliphatic hydroxyl groups excluding tert-OH is 1. The van der Waals surface area contributed by atoms with Crippen LogP contribution in [0.25, 0.3) is 0 Å². The second-order valence-corrected chi connectivity index (χ2v) is 6.07. The van der Waals surface area contributed by atoms with Gasteiger partial charge in [-0.3, -0.25) is 0 Å². The molecule has 0 heterocycles. The van der Waals surface area contributed by atoms with E-state index >= 15 is 0 Å². The zero-order valence-electron chi connectivity index (χ0n) is 12.8. The number of hydrogen-bond donors (Lipinski definition) is 2. The minimum atomic E-state index is -0.431. The Balaban J connectivity index is 2.05. The molecule has 0 aliphatic heterocycles. The van der Waals surface area contributed by atoms with Crippen LogP contribution in [0.2, 0.25) is 0 Å². The molecule has 0 amide bonds. The number of rotatable bonds is 9. The Labute approximate surface area is 117 Å². The van der Waals surface area contributed by atoms with Crippen molar-refractivity contribution in [3.05, 3.63) is 0 Å². The summed E-state index contributed by atoms with van der Waals surface area (Å²) in [4.78, 5) is 0. The van der Waals surface area contributed by atoms with Gasteiger partial charge in [-0.15, -0.1) is 0 Å². The molecule has 2 N–H and O–H groups in total. The summed E-state index contributed by atoms with van der Waals surface area (Å²) < 4.78 is 11.3. The van der Waals surface area contributed by atoms with Crippen LogP contribution in [0.3, 0.4) is 0 Å². The smallest absolute Gasteiger partial charge is 0.0897 e. The third-order valence-corrected chi connectivity index (χ3v) is 3.54. The molecule has 1 unspecified atom stereocenters. The third-order valence-electron chi connectivity index (χ3n) is 3.54. The molecular weight excluding hydrogens is 242 g/mol. The predicted molar refractivity (Wildman–Crippen MR) is 77.4 cm³/mol. The van der Waals surface area contributed by atoms with E-state index in [0.29, 0.717) is 25.9 Å². The molecule has 0 radical (unpaired) electrons. The van der Waals surface area contributed by atoms with Crippen molar-refractivity contribution < 1.29 is 14.6 Å². The predicted octanol–water partition coefficient (Wildman–Crippen LogP) is 2.10. The Bertz CT molecular complexity index is 227. The highest BCUT2D eigenvalue weighted by atomic mass is 16.5. The quantitative estimate of drug-likeness (QED) is 0.675. The monoisotopic (exact) mass is 273 g/mol. The van der Waals surface area contributed by atoms with E-state index in [1.54, 1.807) is 0 Å². The minimum absolute atomic E-state index is 0.182. The number of aliphatic hydroxyl groups is 1. The lowest BCUT2D eigenvalue weighted by Gasteiger charge is -2.26. The van der Waals surface area contributed by atoms with Crippen LogP contribution in [0.5, 0.6) is 0 Å². The van der Waals surface area contributed by atoms with Crippen molar-refractivity contribution in [1.29, 1.82) is 0 Å². The lowest BCUT2D eigenvalue weighted by atomic mass is 9.98. The maximum atomic E-state index is 9.88. The van der Waals surface area contributed by atoms with Crippen LogP contribution in [-0.2, 0) is 9.47 Å². The van der Waals surface area contributed by atoms with Crippen LogP contribution in [0.1, 0.15) is 52.9 Å². The summed E-state index contributed by atoms with van der Waals surface area (Å²) in [5, 5.41) is 13.1. The van der Waals surface area contributed by atoms with Gasteiger partial charge in [-0.2, -0.15) is 0 Å². The van der Waals surface area contributed by atoms with Crippen LogP contribution in [-0.4, -0.2) is 49.2 Å². The molecule has 0 aromatic rings. The fourth-order valence-corrected chi connectivity index (χ4v) is 2.52. The fourth-order valence-electron chi connectivity index (χ4n) is 2.52. The normalized spacial score (nSPS) is 19.6. The van der Waals surface area contributed by atoms with E-state index in [2.05, 4.69) is 19.2 Å². The van der Waals surface area contributed by atoms with E-state index < -0.39 is 6.10 Å². The second-order valence-electron chi connectivity index (χ2n) is 6.07. The summed E-state index contributed by atoms with van der Waals surface area (Å²) in [6.07, 6.45) is 6.09. The summed E-state index contributed by atoms with van der Waals surface area (Å²) in [7, 11) is 0. The molecule has 1 fully saturated rings. The van der Waals surface area contributed by atoms with Gasteiger partial charge in [0.15, 0.2) is 0 Å². The molecule has 0 bridgehead atoms. The van der Waals surface area contributed by atoms with Crippen molar-refractivity contribution in [2.45, 2.75) is 70.7 Å². The first-order chi connectivity index (χ1) is 9.03. The average Bonchev–Trinajstić information content (AvgIpc) is 2.37. The van der Waals surface area contributed by atoms with Gasteiger partial charge in [-0.25, -0.2) is 0 Å². The molecular formula is C15H31NO3. The van der Waals surface area contributed by atoms with Crippen LogP contribution in [0.15, 0.2) is 0 Å². The van der Waals surface area contributed by atoms with Gasteiger partial charge in [0.25, 0.3) is 0 Å². The highest BCUT2D eigenvalue weighted by Crippen LogP contribution is 2.20. The molecule has 4 heteroatoms. The summed E-state index contributed by atoms with van der Waals surface area (Å²) in [6, 6.07) is 0. The highest BCUT2D eigenvalue weighted by Gasteiger charge is 2.18. The Kier molecular flexibility index (Phi) is 7.91. The molecule has 1 aliphatic carbocycles. The standard InChI is InChI=1S/C15H31NO3/c1-4-19-15(2,3)12-16-10-13(17)11-18-14-8-6-5-7-9-14/h13-14,16-17H,4-12H2,1-3H3. The molecule has 0 saturated heterocycles. The molecule has 0 aromatic heterocycles.